The average molecular weight is 205 g/mol. The van der Waals surface area contributed by atoms with Gasteiger partial charge in [-0.05, 0) is 0 Å². The van der Waals surface area contributed by atoms with Crippen LogP contribution in [0.25, 0.3) is 0 Å². The van der Waals surface area contributed by atoms with Crippen molar-refractivity contribution in [3.05, 3.63) is 0 Å². The summed E-state index contributed by atoms with van der Waals surface area (Å²) in [6, 6.07) is 0. The number of hydrogen-bond donors (Lipinski definition) is 1. The molecular formula is C9H19NO2S. The van der Waals surface area contributed by atoms with Gasteiger partial charge in [0.2, 0.25) is 5.79 Å². The molecule has 3 nitrogen and oxygen atoms in total. The van der Waals surface area contributed by atoms with E-state index in [1.54, 1.807) is 19.0 Å². The molecule has 1 N–H and O–H groups in total. The molecule has 1 unspecified atom stereocenters. The van der Waals surface area contributed by atoms with E-state index < -0.39 is 11.2 Å². The Bertz CT molecular complexity index is 198. The standard InChI is InChI=1S/C9H19NO2S/c1-8(2,3)9(11,12-6)7(13)10(4)5/h11H,1-6H3. The molecule has 0 fully saturated rings. The van der Waals surface area contributed by atoms with Crippen molar-refractivity contribution in [2.24, 2.45) is 5.41 Å². The van der Waals surface area contributed by atoms with Crippen molar-refractivity contribution in [3.63, 3.8) is 0 Å². The minimum Gasteiger partial charge on any atom is -0.368 e. The van der Waals surface area contributed by atoms with Crippen molar-refractivity contribution in [2.45, 2.75) is 26.6 Å². The van der Waals surface area contributed by atoms with Gasteiger partial charge in [0.25, 0.3) is 0 Å². The fraction of sp³-hybridized carbons (Fsp3) is 0.889. The lowest BCUT2D eigenvalue weighted by atomic mass is 9.85. The zero-order valence-electron chi connectivity index (χ0n) is 9.21. The van der Waals surface area contributed by atoms with Crippen molar-refractivity contribution in [3.8, 4) is 0 Å². The Morgan fingerprint density at radius 3 is 1.77 bits per heavy atom. The molecule has 0 aromatic heterocycles. The van der Waals surface area contributed by atoms with Gasteiger partial charge in [0, 0.05) is 26.6 Å². The molecule has 0 rings (SSSR count). The second kappa shape index (κ2) is 3.90. The number of hydrogen-bond acceptors (Lipinski definition) is 3. The van der Waals surface area contributed by atoms with E-state index in [1.165, 1.54) is 7.11 Å². The summed E-state index contributed by atoms with van der Waals surface area (Å²) in [7, 11) is 5.04. The highest BCUT2D eigenvalue weighted by Crippen LogP contribution is 2.32. The predicted octanol–water partition coefficient (Wildman–Crippen LogP) is 1.26. The Kier molecular flexibility index (Phi) is 3.84. The van der Waals surface area contributed by atoms with Gasteiger partial charge >= 0.3 is 0 Å². The van der Waals surface area contributed by atoms with E-state index in [0.717, 1.165) is 0 Å². The number of methoxy groups -OCH3 is 1. The van der Waals surface area contributed by atoms with Crippen LogP contribution in [0.5, 0.6) is 0 Å². The summed E-state index contributed by atoms with van der Waals surface area (Å²) in [5, 5.41) is 10.2. The van der Waals surface area contributed by atoms with Crippen molar-refractivity contribution >= 4 is 17.2 Å². The first-order valence-corrected chi connectivity index (χ1v) is 4.57. The van der Waals surface area contributed by atoms with E-state index in [2.05, 4.69) is 0 Å². The topological polar surface area (TPSA) is 32.7 Å². The van der Waals surface area contributed by atoms with Crippen molar-refractivity contribution < 1.29 is 9.84 Å². The first-order chi connectivity index (χ1) is 5.66. The number of rotatable bonds is 2. The van der Waals surface area contributed by atoms with E-state index in [0.29, 0.717) is 4.99 Å². The first kappa shape index (κ1) is 12.8. The number of nitrogens with zero attached hydrogens (tertiary/aromatic N) is 1. The van der Waals surface area contributed by atoms with E-state index in [1.807, 2.05) is 20.8 Å². The van der Waals surface area contributed by atoms with Crippen LogP contribution in [-0.4, -0.2) is 42.0 Å². The largest absolute Gasteiger partial charge is 0.368 e. The summed E-state index contributed by atoms with van der Waals surface area (Å²) in [4.78, 5) is 2.08. The fourth-order valence-corrected chi connectivity index (χ4v) is 1.41. The monoisotopic (exact) mass is 205 g/mol. The third-order valence-electron chi connectivity index (χ3n) is 2.01. The van der Waals surface area contributed by atoms with Gasteiger partial charge in [-0.3, -0.25) is 0 Å². The summed E-state index contributed by atoms with van der Waals surface area (Å²) in [6.45, 7) is 5.64. The molecule has 78 valence electrons. The zero-order valence-corrected chi connectivity index (χ0v) is 10.0. The molecule has 0 aromatic carbocycles. The SMILES string of the molecule is COC(O)(C(=S)N(C)C)C(C)(C)C. The molecular weight excluding hydrogens is 186 g/mol. The molecule has 0 radical (unpaired) electrons. The summed E-state index contributed by atoms with van der Waals surface area (Å²) in [5.41, 5.74) is -0.441. The lowest BCUT2D eigenvalue weighted by molar-refractivity contribution is -0.195. The van der Waals surface area contributed by atoms with Gasteiger partial charge < -0.3 is 14.7 Å². The highest BCUT2D eigenvalue weighted by Gasteiger charge is 2.45. The minimum absolute atomic E-state index is 0.391. The number of aliphatic hydroxyl groups is 1. The summed E-state index contributed by atoms with van der Waals surface area (Å²) in [6.07, 6.45) is 0. The van der Waals surface area contributed by atoms with E-state index >= 15 is 0 Å². The Labute approximate surface area is 85.7 Å². The summed E-state index contributed by atoms with van der Waals surface area (Å²) < 4.78 is 5.10. The van der Waals surface area contributed by atoms with Crippen LogP contribution >= 0.6 is 12.2 Å². The van der Waals surface area contributed by atoms with Crippen LogP contribution in [0.15, 0.2) is 0 Å². The van der Waals surface area contributed by atoms with Crippen LogP contribution in [0, 0.1) is 5.41 Å². The third-order valence-corrected chi connectivity index (χ3v) is 2.65. The first-order valence-electron chi connectivity index (χ1n) is 4.16. The Balaban J connectivity index is 4.96. The highest BCUT2D eigenvalue weighted by molar-refractivity contribution is 7.80. The quantitative estimate of drug-likeness (QED) is 0.543. The predicted molar refractivity (Wildman–Crippen MR) is 57.7 cm³/mol. The van der Waals surface area contributed by atoms with E-state index in [4.69, 9.17) is 17.0 Å². The lowest BCUT2D eigenvalue weighted by Gasteiger charge is -2.40. The van der Waals surface area contributed by atoms with Gasteiger partial charge in [0.15, 0.2) is 0 Å². The van der Waals surface area contributed by atoms with Crippen molar-refractivity contribution in [2.75, 3.05) is 21.2 Å². The molecule has 0 heterocycles. The minimum atomic E-state index is -1.38. The summed E-state index contributed by atoms with van der Waals surface area (Å²) in [5.74, 6) is -1.38. The Morgan fingerprint density at radius 1 is 1.31 bits per heavy atom. The van der Waals surface area contributed by atoms with Crippen molar-refractivity contribution in [1.29, 1.82) is 0 Å². The summed E-state index contributed by atoms with van der Waals surface area (Å²) >= 11 is 5.11. The lowest BCUT2D eigenvalue weighted by Crippen LogP contribution is -2.55. The van der Waals surface area contributed by atoms with Gasteiger partial charge in [-0.25, -0.2) is 0 Å². The van der Waals surface area contributed by atoms with Crippen LogP contribution < -0.4 is 0 Å². The molecule has 0 saturated heterocycles. The van der Waals surface area contributed by atoms with E-state index in [9.17, 15) is 5.11 Å². The molecule has 0 spiro atoms. The normalized spacial score (nSPS) is 16.5. The average Bonchev–Trinajstić information content (AvgIpc) is 1.99. The van der Waals surface area contributed by atoms with Gasteiger partial charge in [-0.2, -0.15) is 0 Å². The second-order valence-corrected chi connectivity index (χ2v) is 4.68. The van der Waals surface area contributed by atoms with Crippen LogP contribution in [0.4, 0.5) is 0 Å². The van der Waals surface area contributed by atoms with E-state index in [-0.39, 0.29) is 0 Å². The molecule has 0 saturated carbocycles. The number of thiocarbonyl (C=S) groups is 1. The van der Waals surface area contributed by atoms with Crippen LogP contribution in [0.3, 0.4) is 0 Å². The van der Waals surface area contributed by atoms with Gasteiger partial charge in [-0.1, -0.05) is 33.0 Å². The molecule has 0 aliphatic carbocycles. The number of likely N-dealkylation sites (N-methyl/N-ethyl adjacent to an activating group) is 1. The van der Waals surface area contributed by atoms with Crippen LogP contribution in [0.2, 0.25) is 0 Å². The smallest absolute Gasteiger partial charge is 0.222 e. The Hall–Kier alpha value is -0.190. The molecule has 0 aliphatic rings. The fourth-order valence-electron chi connectivity index (χ4n) is 1.02. The maximum absolute atomic E-state index is 10.2. The second-order valence-electron chi connectivity index (χ2n) is 4.30. The van der Waals surface area contributed by atoms with Crippen LogP contribution in [-0.2, 0) is 4.74 Å². The molecule has 1 atom stereocenters. The number of ether oxygens (including phenoxy) is 1. The maximum atomic E-state index is 10.2. The molecule has 0 aliphatic heterocycles. The molecule has 13 heavy (non-hydrogen) atoms. The molecule has 0 amide bonds. The van der Waals surface area contributed by atoms with Crippen LogP contribution in [0.1, 0.15) is 20.8 Å². The molecule has 4 heteroatoms. The maximum Gasteiger partial charge on any atom is 0.222 e. The zero-order chi connectivity index (χ0) is 10.9. The van der Waals surface area contributed by atoms with Gasteiger partial charge in [0.05, 0.1) is 0 Å². The third kappa shape index (κ3) is 2.39. The molecule has 0 bridgehead atoms. The Morgan fingerprint density at radius 2 is 1.69 bits per heavy atom. The highest BCUT2D eigenvalue weighted by atomic mass is 32.1. The molecule has 0 aromatic rings. The van der Waals surface area contributed by atoms with Crippen molar-refractivity contribution in [1.82, 2.24) is 4.90 Å². The van der Waals surface area contributed by atoms with Gasteiger partial charge in [0.1, 0.15) is 4.99 Å². The van der Waals surface area contributed by atoms with Gasteiger partial charge in [-0.15, -0.1) is 0 Å².